The minimum Gasteiger partial charge on any atom is -0.455 e. The third kappa shape index (κ3) is 5.76. The molecule has 0 amide bonds. The Morgan fingerprint density at radius 3 is 1.64 bits per heavy atom. The molecule has 0 saturated heterocycles. The molecule has 2 heterocycles. The summed E-state index contributed by atoms with van der Waals surface area (Å²) in [5.41, 5.74) is 12.0. The molecule has 0 saturated carbocycles. The van der Waals surface area contributed by atoms with Gasteiger partial charge in [0.1, 0.15) is 29.3 Å². The molecule has 2 N–H and O–H groups in total. The largest absolute Gasteiger partial charge is 0.455 e. The van der Waals surface area contributed by atoms with Crippen LogP contribution in [0.15, 0.2) is 197 Å². The number of fused-ring (bicyclic) bond motifs is 4. The van der Waals surface area contributed by atoms with Crippen molar-refractivity contribution in [2.45, 2.75) is 12.3 Å². The van der Waals surface area contributed by atoms with Gasteiger partial charge in [0, 0.05) is 27.5 Å². The number of benzene rings is 8. The number of nitrogens with one attached hydrogen (secondary N) is 2. The van der Waals surface area contributed by atoms with E-state index in [0.29, 0.717) is 0 Å². The van der Waals surface area contributed by atoms with Crippen LogP contribution in [0.5, 0.6) is 0 Å². The zero-order valence-corrected chi connectivity index (χ0v) is 28.9. The number of hydrogen-bond donors (Lipinski definition) is 2. The van der Waals surface area contributed by atoms with Crippen LogP contribution < -0.4 is 10.6 Å². The van der Waals surface area contributed by atoms with Crippen LogP contribution in [0.1, 0.15) is 29.0 Å². The lowest BCUT2D eigenvalue weighted by Gasteiger charge is -2.32. The monoisotopic (exact) mass is 681 g/mol. The van der Waals surface area contributed by atoms with E-state index in [2.05, 4.69) is 193 Å². The molecule has 0 bridgehead atoms. The second-order valence-corrected chi connectivity index (χ2v) is 13.6. The van der Waals surface area contributed by atoms with Gasteiger partial charge in [0.15, 0.2) is 0 Å². The lowest BCUT2D eigenvalue weighted by Crippen LogP contribution is -2.45. The predicted molar refractivity (Wildman–Crippen MR) is 219 cm³/mol. The number of hydrogen-bond acceptors (Lipinski definition) is 4. The molecule has 0 fully saturated rings. The summed E-state index contributed by atoms with van der Waals surface area (Å²) in [6.07, 6.45) is -0.511. The number of furan rings is 1. The number of nitrogens with zero attached hydrogens (tertiary/aromatic N) is 1. The van der Waals surface area contributed by atoms with Gasteiger partial charge in [-0.25, -0.2) is 4.99 Å². The first-order valence-corrected chi connectivity index (χ1v) is 18.1. The Hall–Kier alpha value is -6.75. The summed E-state index contributed by atoms with van der Waals surface area (Å²) >= 11 is 0. The normalized spacial score (nSPS) is 15.7. The van der Waals surface area contributed by atoms with Crippen LogP contribution >= 0.6 is 0 Å². The molecule has 0 radical (unpaired) electrons. The van der Waals surface area contributed by atoms with Gasteiger partial charge < -0.3 is 9.73 Å². The van der Waals surface area contributed by atoms with Crippen LogP contribution in [0, 0.1) is 0 Å². The fraction of sp³-hybridized carbons (Fsp3) is 0.0408. The van der Waals surface area contributed by atoms with Crippen LogP contribution in [-0.4, -0.2) is 5.84 Å². The van der Waals surface area contributed by atoms with Gasteiger partial charge in [-0.3, -0.25) is 5.32 Å². The highest BCUT2D eigenvalue weighted by atomic mass is 16.3. The molecule has 9 aromatic rings. The second kappa shape index (κ2) is 13.1. The van der Waals surface area contributed by atoms with Crippen molar-refractivity contribution < 1.29 is 4.42 Å². The highest BCUT2D eigenvalue weighted by Crippen LogP contribution is 2.42. The predicted octanol–water partition coefficient (Wildman–Crippen LogP) is 12.1. The van der Waals surface area contributed by atoms with Gasteiger partial charge >= 0.3 is 0 Å². The van der Waals surface area contributed by atoms with Crippen molar-refractivity contribution in [2.75, 3.05) is 0 Å². The SMILES string of the molecule is c1ccc(-c2ccc(-c3ccc(C4=NC(c5ccccc5)NC(c5ccc(-c6ccccc6)c6oc7cc8ccccc8cc7c56)N4)cc3)cc2)cc1. The molecule has 10 rings (SSSR count). The third-order valence-corrected chi connectivity index (χ3v) is 10.4. The maximum absolute atomic E-state index is 6.80. The summed E-state index contributed by atoms with van der Waals surface area (Å²) in [6, 6.07) is 66.3. The average molecular weight is 682 g/mol. The Morgan fingerprint density at radius 1 is 0.472 bits per heavy atom. The summed E-state index contributed by atoms with van der Waals surface area (Å²) in [7, 11) is 0. The van der Waals surface area contributed by atoms with E-state index in [1.165, 1.54) is 22.1 Å². The van der Waals surface area contributed by atoms with Crippen molar-refractivity contribution >= 4 is 38.5 Å². The lowest BCUT2D eigenvalue weighted by molar-refractivity contribution is 0.411. The van der Waals surface area contributed by atoms with E-state index in [1.54, 1.807) is 0 Å². The molecular weight excluding hydrogens is 647 g/mol. The van der Waals surface area contributed by atoms with Gasteiger partial charge in [-0.2, -0.15) is 0 Å². The van der Waals surface area contributed by atoms with Crippen molar-refractivity contribution in [3.63, 3.8) is 0 Å². The smallest absolute Gasteiger partial charge is 0.143 e. The zero-order chi connectivity index (χ0) is 35.1. The van der Waals surface area contributed by atoms with Gasteiger partial charge in [0.2, 0.25) is 0 Å². The minimum absolute atomic E-state index is 0.252. The molecule has 1 aromatic heterocycles. The molecule has 2 unspecified atom stereocenters. The fourth-order valence-corrected chi connectivity index (χ4v) is 7.65. The summed E-state index contributed by atoms with van der Waals surface area (Å²) in [5, 5.41) is 12.2. The van der Waals surface area contributed by atoms with Gasteiger partial charge in [0.05, 0.1) is 0 Å². The molecule has 0 spiro atoms. The number of rotatable bonds is 6. The van der Waals surface area contributed by atoms with Crippen molar-refractivity contribution in [3.8, 4) is 33.4 Å². The van der Waals surface area contributed by atoms with Gasteiger partial charge in [-0.05, 0) is 56.3 Å². The molecule has 53 heavy (non-hydrogen) atoms. The van der Waals surface area contributed by atoms with Crippen LogP contribution in [0.2, 0.25) is 0 Å². The number of amidine groups is 1. The van der Waals surface area contributed by atoms with E-state index < -0.39 is 0 Å². The maximum Gasteiger partial charge on any atom is 0.143 e. The molecular formula is C49H35N3O. The van der Waals surface area contributed by atoms with E-state index in [0.717, 1.165) is 66.5 Å². The first-order valence-electron chi connectivity index (χ1n) is 18.1. The third-order valence-electron chi connectivity index (χ3n) is 10.4. The lowest BCUT2D eigenvalue weighted by atomic mass is 9.95. The molecule has 4 nitrogen and oxygen atoms in total. The van der Waals surface area contributed by atoms with Gasteiger partial charge in [0.25, 0.3) is 0 Å². The van der Waals surface area contributed by atoms with Crippen molar-refractivity contribution in [3.05, 3.63) is 205 Å². The highest BCUT2D eigenvalue weighted by Gasteiger charge is 2.29. The van der Waals surface area contributed by atoms with E-state index in [-0.39, 0.29) is 12.3 Å². The standard InChI is InChI=1S/C49H35N3O/c1-4-12-32(13-5-1)33-20-22-34(23-21-33)35-24-26-38(27-25-35)48-50-47(37-16-8-3-9-17-37)51-49(52-48)42-29-28-41(36-14-6-2-7-15-36)46-45(42)43-30-39-18-10-11-19-40(39)31-44(43)53-46/h1-31,47,49,51H,(H,50,52). The van der Waals surface area contributed by atoms with Gasteiger partial charge in [-0.15, -0.1) is 0 Å². The van der Waals surface area contributed by atoms with E-state index in [9.17, 15) is 0 Å². The first kappa shape index (κ1) is 31.0. The summed E-state index contributed by atoms with van der Waals surface area (Å²) in [5.74, 6) is 0.840. The van der Waals surface area contributed by atoms with Crippen molar-refractivity contribution in [1.82, 2.24) is 10.6 Å². The molecule has 1 aliphatic rings. The molecule has 2 atom stereocenters. The molecule has 0 aliphatic carbocycles. The fourth-order valence-electron chi connectivity index (χ4n) is 7.65. The Labute approximate surface area is 308 Å². The first-order chi connectivity index (χ1) is 26.2. The molecule has 4 heteroatoms. The van der Waals surface area contributed by atoms with Crippen molar-refractivity contribution in [1.29, 1.82) is 0 Å². The minimum atomic E-state index is -0.259. The quantitative estimate of drug-likeness (QED) is 0.184. The molecule has 252 valence electrons. The van der Waals surface area contributed by atoms with Crippen LogP contribution in [-0.2, 0) is 0 Å². The summed E-state index contributed by atoms with van der Waals surface area (Å²) in [6.45, 7) is 0. The molecule has 8 aromatic carbocycles. The second-order valence-electron chi connectivity index (χ2n) is 13.6. The van der Waals surface area contributed by atoms with Crippen LogP contribution in [0.4, 0.5) is 0 Å². The summed E-state index contributed by atoms with van der Waals surface area (Å²) in [4.78, 5) is 5.25. The Kier molecular flexibility index (Phi) is 7.67. The Bertz CT molecular complexity index is 2750. The van der Waals surface area contributed by atoms with Crippen LogP contribution in [0.25, 0.3) is 66.1 Å². The number of aliphatic imine (C=N–C) groups is 1. The topological polar surface area (TPSA) is 49.6 Å². The van der Waals surface area contributed by atoms with Crippen LogP contribution in [0.3, 0.4) is 0 Å². The van der Waals surface area contributed by atoms with Gasteiger partial charge in [-0.1, -0.05) is 176 Å². The van der Waals surface area contributed by atoms with E-state index >= 15 is 0 Å². The van der Waals surface area contributed by atoms with Crippen molar-refractivity contribution in [2.24, 2.45) is 4.99 Å². The molecule has 1 aliphatic heterocycles. The summed E-state index contributed by atoms with van der Waals surface area (Å²) < 4.78 is 6.80. The van der Waals surface area contributed by atoms with E-state index in [4.69, 9.17) is 9.41 Å². The average Bonchev–Trinajstić information content (AvgIpc) is 3.61. The Morgan fingerprint density at radius 2 is 1.00 bits per heavy atom. The highest BCUT2D eigenvalue weighted by molar-refractivity contribution is 6.15. The zero-order valence-electron chi connectivity index (χ0n) is 28.9. The maximum atomic E-state index is 6.80. The Balaban J connectivity index is 1.06. The van der Waals surface area contributed by atoms with E-state index in [1.807, 2.05) is 6.07 Å².